The van der Waals surface area contributed by atoms with Crippen molar-refractivity contribution in [3.8, 4) is 0 Å². The summed E-state index contributed by atoms with van der Waals surface area (Å²) in [6.07, 6.45) is 0. The van der Waals surface area contributed by atoms with E-state index < -0.39 is 11.9 Å². The van der Waals surface area contributed by atoms with E-state index >= 15 is 0 Å². The first-order valence-corrected chi connectivity index (χ1v) is 7.64. The van der Waals surface area contributed by atoms with E-state index in [0.29, 0.717) is 17.8 Å². The predicted octanol–water partition coefficient (Wildman–Crippen LogP) is 1.20. The van der Waals surface area contributed by atoms with Crippen molar-refractivity contribution in [1.29, 1.82) is 0 Å². The SMILES string of the molecule is Cc1sc2nc(CNC(C(N)=O)C(C)C)[nH]c(=O)c2c1C. The van der Waals surface area contributed by atoms with E-state index in [1.807, 2.05) is 27.7 Å². The Balaban J connectivity index is 2.28. The second kappa shape index (κ2) is 5.95. The first kappa shape index (κ1) is 15.7. The molecular weight excluding hydrogens is 288 g/mol. The summed E-state index contributed by atoms with van der Waals surface area (Å²) in [4.78, 5) is 32.5. The number of H-pyrrole nitrogens is 1. The van der Waals surface area contributed by atoms with E-state index in [1.54, 1.807) is 0 Å². The molecule has 0 aliphatic rings. The van der Waals surface area contributed by atoms with Gasteiger partial charge in [0.2, 0.25) is 5.91 Å². The molecule has 2 heterocycles. The van der Waals surface area contributed by atoms with E-state index in [2.05, 4.69) is 15.3 Å². The van der Waals surface area contributed by atoms with E-state index in [9.17, 15) is 9.59 Å². The van der Waals surface area contributed by atoms with Crippen LogP contribution in [-0.2, 0) is 11.3 Å². The number of aromatic nitrogens is 2. The molecule has 1 unspecified atom stereocenters. The lowest BCUT2D eigenvalue weighted by molar-refractivity contribution is -0.121. The molecule has 7 heteroatoms. The summed E-state index contributed by atoms with van der Waals surface area (Å²) in [5.41, 5.74) is 6.19. The predicted molar refractivity (Wildman–Crippen MR) is 84.4 cm³/mol. The number of rotatable bonds is 5. The molecule has 0 fully saturated rings. The van der Waals surface area contributed by atoms with Gasteiger partial charge in [0.1, 0.15) is 10.7 Å². The maximum Gasteiger partial charge on any atom is 0.259 e. The van der Waals surface area contributed by atoms with E-state index in [0.717, 1.165) is 15.3 Å². The fourth-order valence-electron chi connectivity index (χ4n) is 2.25. The maximum absolute atomic E-state index is 12.1. The van der Waals surface area contributed by atoms with Crippen LogP contribution in [0.2, 0.25) is 0 Å². The quantitative estimate of drug-likeness (QED) is 0.772. The van der Waals surface area contributed by atoms with Crippen LogP contribution in [0.1, 0.15) is 30.1 Å². The van der Waals surface area contributed by atoms with Gasteiger partial charge >= 0.3 is 0 Å². The van der Waals surface area contributed by atoms with Crippen LogP contribution in [0, 0.1) is 19.8 Å². The minimum atomic E-state index is -0.446. The van der Waals surface area contributed by atoms with Gasteiger partial charge in [0.15, 0.2) is 0 Å². The molecule has 0 saturated carbocycles. The van der Waals surface area contributed by atoms with E-state index in [-0.39, 0.29) is 11.5 Å². The standard InChI is InChI=1S/C14H20N4O2S/c1-6(2)11(12(15)19)16-5-9-17-13(20)10-7(3)8(4)21-14(10)18-9/h6,11,16H,5H2,1-4H3,(H2,15,19)(H,17,18,20). The van der Waals surface area contributed by atoms with Crippen LogP contribution < -0.4 is 16.6 Å². The minimum Gasteiger partial charge on any atom is -0.368 e. The molecule has 21 heavy (non-hydrogen) atoms. The number of fused-ring (bicyclic) bond motifs is 1. The Morgan fingerprint density at radius 3 is 2.67 bits per heavy atom. The summed E-state index contributed by atoms with van der Waals surface area (Å²) in [5.74, 6) is 0.182. The highest BCUT2D eigenvalue weighted by Gasteiger charge is 2.19. The van der Waals surface area contributed by atoms with Crippen molar-refractivity contribution < 1.29 is 4.79 Å². The molecule has 0 aromatic carbocycles. The highest BCUT2D eigenvalue weighted by Crippen LogP contribution is 2.25. The summed E-state index contributed by atoms with van der Waals surface area (Å²) < 4.78 is 0. The number of amides is 1. The molecular formula is C14H20N4O2S. The lowest BCUT2D eigenvalue weighted by Crippen LogP contribution is -2.44. The first-order valence-electron chi connectivity index (χ1n) is 6.82. The van der Waals surface area contributed by atoms with Crippen molar-refractivity contribution in [2.75, 3.05) is 0 Å². The smallest absolute Gasteiger partial charge is 0.259 e. The molecule has 2 aromatic rings. The number of hydrogen-bond acceptors (Lipinski definition) is 5. The number of nitrogens with one attached hydrogen (secondary N) is 2. The van der Waals surface area contributed by atoms with E-state index in [1.165, 1.54) is 11.3 Å². The Labute approximate surface area is 126 Å². The Bertz CT molecular complexity index is 732. The van der Waals surface area contributed by atoms with Crippen LogP contribution in [0.4, 0.5) is 0 Å². The van der Waals surface area contributed by atoms with Crippen LogP contribution in [-0.4, -0.2) is 21.9 Å². The van der Waals surface area contributed by atoms with Crippen molar-refractivity contribution in [2.45, 2.75) is 40.3 Å². The molecule has 0 bridgehead atoms. The van der Waals surface area contributed by atoms with Crippen molar-refractivity contribution in [2.24, 2.45) is 11.7 Å². The lowest BCUT2D eigenvalue weighted by Gasteiger charge is -2.18. The van der Waals surface area contributed by atoms with Gasteiger partial charge in [-0.15, -0.1) is 11.3 Å². The van der Waals surface area contributed by atoms with Gasteiger partial charge < -0.3 is 10.7 Å². The summed E-state index contributed by atoms with van der Waals surface area (Å²) in [5, 5.41) is 3.70. The van der Waals surface area contributed by atoms with Crippen LogP contribution in [0.5, 0.6) is 0 Å². The van der Waals surface area contributed by atoms with Gasteiger partial charge in [-0.2, -0.15) is 0 Å². The number of aromatic amines is 1. The molecule has 2 rings (SSSR count). The largest absolute Gasteiger partial charge is 0.368 e. The second-order valence-electron chi connectivity index (χ2n) is 5.48. The minimum absolute atomic E-state index is 0.0733. The molecule has 0 radical (unpaired) electrons. The second-order valence-corrected chi connectivity index (χ2v) is 6.68. The number of thiophene rings is 1. The van der Waals surface area contributed by atoms with Crippen LogP contribution in [0.3, 0.4) is 0 Å². The summed E-state index contributed by atoms with van der Waals surface area (Å²) in [6.45, 7) is 8.01. The summed E-state index contributed by atoms with van der Waals surface area (Å²) >= 11 is 1.50. The van der Waals surface area contributed by atoms with Crippen LogP contribution in [0.15, 0.2) is 4.79 Å². The zero-order chi connectivity index (χ0) is 15.7. The summed E-state index contributed by atoms with van der Waals surface area (Å²) in [6, 6.07) is -0.446. The van der Waals surface area contributed by atoms with Gasteiger partial charge in [-0.1, -0.05) is 13.8 Å². The van der Waals surface area contributed by atoms with Crippen molar-refractivity contribution in [1.82, 2.24) is 15.3 Å². The number of carbonyl (C=O) groups is 1. The first-order chi connectivity index (χ1) is 9.81. The van der Waals surface area contributed by atoms with Gasteiger partial charge in [-0.25, -0.2) is 4.98 Å². The average Bonchev–Trinajstić information content (AvgIpc) is 2.64. The normalized spacial score (nSPS) is 13.0. The lowest BCUT2D eigenvalue weighted by atomic mass is 10.0. The number of aryl methyl sites for hydroxylation is 2. The van der Waals surface area contributed by atoms with Gasteiger partial charge in [0, 0.05) is 4.88 Å². The molecule has 1 atom stereocenters. The number of hydrogen-bond donors (Lipinski definition) is 3. The van der Waals surface area contributed by atoms with Gasteiger partial charge in [0.05, 0.1) is 18.0 Å². The molecule has 6 nitrogen and oxygen atoms in total. The molecule has 114 valence electrons. The van der Waals surface area contributed by atoms with E-state index in [4.69, 9.17) is 5.73 Å². The van der Waals surface area contributed by atoms with Crippen molar-refractivity contribution in [3.63, 3.8) is 0 Å². The third-order valence-corrected chi connectivity index (χ3v) is 4.65. The molecule has 0 spiro atoms. The maximum atomic E-state index is 12.1. The van der Waals surface area contributed by atoms with Gasteiger partial charge in [0.25, 0.3) is 5.56 Å². The Morgan fingerprint density at radius 1 is 1.43 bits per heavy atom. The van der Waals surface area contributed by atoms with Crippen LogP contribution in [0.25, 0.3) is 10.2 Å². The molecule has 1 amide bonds. The average molecular weight is 308 g/mol. The van der Waals surface area contributed by atoms with Gasteiger partial charge in [-0.05, 0) is 25.3 Å². The Kier molecular flexibility index (Phi) is 4.43. The van der Waals surface area contributed by atoms with Crippen LogP contribution >= 0.6 is 11.3 Å². The number of primary amides is 1. The topological polar surface area (TPSA) is 101 Å². The van der Waals surface area contributed by atoms with Gasteiger partial charge in [-0.3, -0.25) is 14.9 Å². The Hall–Kier alpha value is -1.73. The summed E-state index contributed by atoms with van der Waals surface area (Å²) in [7, 11) is 0. The van der Waals surface area contributed by atoms with Crippen molar-refractivity contribution >= 4 is 27.5 Å². The molecule has 2 aromatic heterocycles. The third kappa shape index (κ3) is 3.14. The number of nitrogens with two attached hydrogens (primary N) is 1. The van der Waals surface area contributed by atoms with Crippen molar-refractivity contribution in [3.05, 3.63) is 26.6 Å². The highest BCUT2D eigenvalue weighted by molar-refractivity contribution is 7.18. The zero-order valence-electron chi connectivity index (χ0n) is 12.6. The number of nitrogens with zero attached hydrogens (tertiary/aromatic N) is 1. The monoisotopic (exact) mass is 308 g/mol. The third-order valence-electron chi connectivity index (χ3n) is 3.55. The molecule has 0 saturated heterocycles. The zero-order valence-corrected chi connectivity index (χ0v) is 13.4. The fraction of sp³-hybridized carbons (Fsp3) is 0.500. The molecule has 0 aliphatic heterocycles. The molecule has 0 aliphatic carbocycles. The number of carbonyl (C=O) groups excluding carboxylic acids is 1. The fourth-order valence-corrected chi connectivity index (χ4v) is 3.30. The molecule has 4 N–H and O–H groups in total. The Morgan fingerprint density at radius 2 is 2.10 bits per heavy atom. The highest BCUT2D eigenvalue weighted by atomic mass is 32.1.